The summed E-state index contributed by atoms with van der Waals surface area (Å²) in [5.41, 5.74) is 2.15. The van der Waals surface area contributed by atoms with Crippen LogP contribution in [0, 0.1) is 6.92 Å². The Balaban J connectivity index is 1.68. The number of aromatic nitrogens is 3. The van der Waals surface area contributed by atoms with Gasteiger partial charge in [0.1, 0.15) is 11.5 Å². The maximum atomic E-state index is 12.9. The first-order valence-electron chi connectivity index (χ1n) is 7.44. The van der Waals surface area contributed by atoms with Crippen LogP contribution in [-0.2, 0) is 6.42 Å². The molecule has 0 spiro atoms. The molecule has 0 radical (unpaired) electrons. The van der Waals surface area contributed by atoms with Gasteiger partial charge in [0.05, 0.1) is 10.5 Å². The van der Waals surface area contributed by atoms with E-state index in [2.05, 4.69) is 26.0 Å². The molecule has 7 heteroatoms. The molecule has 1 aliphatic rings. The predicted molar refractivity (Wildman–Crippen MR) is 87.3 cm³/mol. The quantitative estimate of drug-likeness (QED) is 0.656. The Labute approximate surface area is 141 Å². The minimum absolute atomic E-state index is 0.0202. The van der Waals surface area contributed by atoms with Crippen molar-refractivity contribution in [1.29, 1.82) is 0 Å². The zero-order chi connectivity index (χ0) is 16.1. The molecule has 6 nitrogen and oxygen atoms in total. The van der Waals surface area contributed by atoms with Gasteiger partial charge in [0, 0.05) is 37.0 Å². The van der Waals surface area contributed by atoms with Crippen LogP contribution in [0.5, 0.6) is 0 Å². The zero-order valence-corrected chi connectivity index (χ0v) is 14.4. The summed E-state index contributed by atoms with van der Waals surface area (Å²) in [5.74, 6) is 1.79. The van der Waals surface area contributed by atoms with Crippen molar-refractivity contribution in [3.8, 4) is 0 Å². The highest BCUT2D eigenvalue weighted by molar-refractivity contribution is 9.10. The summed E-state index contributed by atoms with van der Waals surface area (Å²) in [6.45, 7) is 4.59. The molecule has 3 aromatic heterocycles. The molecular formula is C16H15BrN4O2. The minimum Gasteiger partial charge on any atom is -0.466 e. The van der Waals surface area contributed by atoms with Crippen molar-refractivity contribution in [1.82, 2.24) is 19.5 Å². The van der Waals surface area contributed by atoms with E-state index in [-0.39, 0.29) is 11.9 Å². The van der Waals surface area contributed by atoms with Crippen LogP contribution in [0.1, 0.15) is 40.5 Å². The van der Waals surface area contributed by atoms with E-state index < -0.39 is 0 Å². The van der Waals surface area contributed by atoms with Crippen molar-refractivity contribution in [2.24, 2.45) is 0 Å². The van der Waals surface area contributed by atoms with Crippen LogP contribution >= 0.6 is 15.9 Å². The Morgan fingerprint density at radius 3 is 3.09 bits per heavy atom. The van der Waals surface area contributed by atoms with E-state index in [1.54, 1.807) is 23.0 Å². The Morgan fingerprint density at radius 1 is 1.43 bits per heavy atom. The fraction of sp³-hybridized carbons (Fsp3) is 0.312. The highest BCUT2D eigenvalue weighted by atomic mass is 79.9. The molecule has 1 unspecified atom stereocenters. The first-order valence-corrected chi connectivity index (χ1v) is 8.23. The normalized spacial score (nSPS) is 17.5. The van der Waals surface area contributed by atoms with Crippen LogP contribution in [0.4, 0.5) is 0 Å². The highest BCUT2D eigenvalue weighted by Gasteiger charge is 2.31. The van der Waals surface area contributed by atoms with Crippen molar-refractivity contribution in [3.63, 3.8) is 0 Å². The topological polar surface area (TPSA) is 63.6 Å². The van der Waals surface area contributed by atoms with E-state index in [0.717, 1.165) is 28.0 Å². The molecule has 3 aromatic rings. The van der Waals surface area contributed by atoms with Crippen molar-refractivity contribution in [2.75, 3.05) is 6.54 Å². The lowest BCUT2D eigenvalue weighted by atomic mass is 10.0. The van der Waals surface area contributed by atoms with E-state index in [4.69, 9.17) is 4.42 Å². The Morgan fingerprint density at radius 2 is 2.26 bits per heavy atom. The molecule has 0 aliphatic carbocycles. The number of carbonyl (C=O) groups is 1. The molecule has 1 amide bonds. The lowest BCUT2D eigenvalue weighted by Crippen LogP contribution is -2.38. The number of nitrogens with zero attached hydrogens (tertiary/aromatic N) is 4. The van der Waals surface area contributed by atoms with Gasteiger partial charge in [-0.05, 0) is 35.8 Å². The summed E-state index contributed by atoms with van der Waals surface area (Å²) in [5, 5.41) is 4.35. The number of amides is 1. The summed E-state index contributed by atoms with van der Waals surface area (Å²) in [7, 11) is 0. The smallest absolute Gasteiger partial charge is 0.274 e. The van der Waals surface area contributed by atoms with Crippen molar-refractivity contribution in [2.45, 2.75) is 26.3 Å². The molecule has 4 heterocycles. The number of rotatable bonds is 1. The first kappa shape index (κ1) is 14.4. The number of halogens is 1. The molecule has 0 saturated heterocycles. The summed E-state index contributed by atoms with van der Waals surface area (Å²) in [6.07, 6.45) is 4.21. The van der Waals surface area contributed by atoms with E-state index in [1.165, 1.54) is 0 Å². The molecule has 0 saturated carbocycles. The van der Waals surface area contributed by atoms with E-state index in [9.17, 15) is 4.79 Å². The molecule has 1 aliphatic heterocycles. The van der Waals surface area contributed by atoms with Gasteiger partial charge < -0.3 is 9.32 Å². The van der Waals surface area contributed by atoms with Crippen LogP contribution in [0.25, 0.3) is 5.65 Å². The maximum Gasteiger partial charge on any atom is 0.274 e. The number of hydrogen-bond donors (Lipinski definition) is 0. The molecule has 0 fully saturated rings. The molecule has 118 valence electrons. The van der Waals surface area contributed by atoms with Crippen molar-refractivity contribution < 1.29 is 9.21 Å². The lowest BCUT2D eigenvalue weighted by Gasteiger charge is -2.32. The van der Waals surface area contributed by atoms with Gasteiger partial charge in [-0.3, -0.25) is 4.79 Å². The highest BCUT2D eigenvalue weighted by Crippen LogP contribution is 2.32. The van der Waals surface area contributed by atoms with E-state index in [1.807, 2.05) is 24.8 Å². The maximum absolute atomic E-state index is 12.9. The fourth-order valence-corrected chi connectivity index (χ4v) is 3.39. The number of carbonyl (C=O) groups excluding carboxylic acids is 1. The van der Waals surface area contributed by atoms with Crippen LogP contribution in [0.15, 0.2) is 33.4 Å². The Hall–Kier alpha value is -2.15. The summed E-state index contributed by atoms with van der Waals surface area (Å²) in [6, 6.07) is 3.72. The van der Waals surface area contributed by atoms with E-state index in [0.29, 0.717) is 17.9 Å². The second-order valence-electron chi connectivity index (χ2n) is 5.76. The van der Waals surface area contributed by atoms with Crippen molar-refractivity contribution in [3.05, 3.63) is 51.8 Å². The molecule has 1 atom stereocenters. The van der Waals surface area contributed by atoms with Crippen LogP contribution in [0.3, 0.4) is 0 Å². The number of hydrogen-bond acceptors (Lipinski definition) is 4. The third-order valence-corrected chi connectivity index (χ3v) is 4.63. The average molecular weight is 375 g/mol. The molecule has 4 rings (SSSR count). The molecule has 0 N–H and O–H groups in total. The van der Waals surface area contributed by atoms with Gasteiger partial charge in [-0.15, -0.1) is 0 Å². The molecule has 23 heavy (non-hydrogen) atoms. The van der Waals surface area contributed by atoms with Crippen molar-refractivity contribution >= 4 is 27.5 Å². The second kappa shape index (κ2) is 5.19. The van der Waals surface area contributed by atoms with Gasteiger partial charge in [-0.1, -0.05) is 0 Å². The number of furan rings is 1. The summed E-state index contributed by atoms with van der Waals surface area (Å²) < 4.78 is 8.13. The first-order chi connectivity index (χ1) is 11.0. The van der Waals surface area contributed by atoms with Gasteiger partial charge in [0.15, 0.2) is 11.3 Å². The molecule has 0 bridgehead atoms. The van der Waals surface area contributed by atoms with Crippen LogP contribution in [-0.4, -0.2) is 31.9 Å². The summed E-state index contributed by atoms with van der Waals surface area (Å²) in [4.78, 5) is 19.0. The monoisotopic (exact) mass is 374 g/mol. The zero-order valence-electron chi connectivity index (χ0n) is 12.8. The number of aryl methyl sites for hydroxylation is 1. The van der Waals surface area contributed by atoms with Crippen LogP contribution in [0.2, 0.25) is 0 Å². The third-order valence-electron chi connectivity index (χ3n) is 4.22. The molecule has 0 aromatic carbocycles. The average Bonchev–Trinajstić information content (AvgIpc) is 3.09. The minimum atomic E-state index is -0.0800. The lowest BCUT2D eigenvalue weighted by molar-refractivity contribution is 0.0664. The fourth-order valence-electron chi connectivity index (χ4n) is 3.10. The standard InChI is InChI=1S/C16H15BrN4O2/c1-9-5-12-10(2)20(4-3-14(12)23-9)16(22)13-6-15-18-7-11(17)8-21(15)19-13/h5-8,10H,3-4H2,1-2H3. The van der Waals surface area contributed by atoms with Gasteiger partial charge in [0.2, 0.25) is 0 Å². The SMILES string of the molecule is Cc1cc2c(o1)CCN(C(=O)c1cc3ncc(Br)cn3n1)C2C. The third kappa shape index (κ3) is 2.35. The number of fused-ring (bicyclic) bond motifs is 2. The van der Waals surface area contributed by atoms with E-state index >= 15 is 0 Å². The predicted octanol–water partition coefficient (Wildman–Crippen LogP) is 3.15. The van der Waals surface area contributed by atoms with Crippen LogP contribution < -0.4 is 0 Å². The van der Waals surface area contributed by atoms with Gasteiger partial charge in [-0.2, -0.15) is 5.10 Å². The van der Waals surface area contributed by atoms with Gasteiger partial charge in [-0.25, -0.2) is 9.50 Å². The van der Waals surface area contributed by atoms with Gasteiger partial charge in [0.25, 0.3) is 5.91 Å². The second-order valence-corrected chi connectivity index (χ2v) is 6.68. The Kier molecular flexibility index (Phi) is 3.26. The summed E-state index contributed by atoms with van der Waals surface area (Å²) >= 11 is 3.36. The largest absolute Gasteiger partial charge is 0.466 e. The molecular weight excluding hydrogens is 360 g/mol. The Bertz CT molecular complexity index is 914. The van der Waals surface area contributed by atoms with Gasteiger partial charge >= 0.3 is 0 Å².